The highest BCUT2D eigenvalue weighted by Gasteiger charge is 2.37. The van der Waals surface area contributed by atoms with E-state index in [1.165, 1.54) is 18.2 Å². The number of aromatic nitrogens is 5. The summed E-state index contributed by atoms with van der Waals surface area (Å²) in [5, 5.41) is 13.2. The van der Waals surface area contributed by atoms with Crippen molar-refractivity contribution in [2.45, 2.75) is 31.0 Å². The van der Waals surface area contributed by atoms with Crippen LogP contribution in [0.15, 0.2) is 41.5 Å². The van der Waals surface area contributed by atoms with E-state index >= 15 is 4.39 Å². The minimum atomic E-state index is -4.92. The van der Waals surface area contributed by atoms with Crippen LogP contribution in [0.2, 0.25) is 0 Å². The number of nitrogens with zero attached hydrogens (tertiary/aromatic N) is 6. The number of rotatable bonds is 3. The number of halogens is 4. The Morgan fingerprint density at radius 1 is 1.19 bits per heavy atom. The molecule has 12 heteroatoms. The van der Waals surface area contributed by atoms with Gasteiger partial charge in [0.1, 0.15) is 11.3 Å². The lowest BCUT2D eigenvalue weighted by atomic mass is 9.89. The first kappa shape index (κ1) is 24.6. The van der Waals surface area contributed by atoms with Gasteiger partial charge >= 0.3 is 6.18 Å². The van der Waals surface area contributed by atoms with E-state index < -0.39 is 23.4 Å². The van der Waals surface area contributed by atoms with Crippen molar-refractivity contribution in [1.82, 2.24) is 24.3 Å². The van der Waals surface area contributed by atoms with Gasteiger partial charge in [-0.3, -0.25) is 19.0 Å². The highest BCUT2D eigenvalue weighted by Crippen LogP contribution is 2.39. The molecule has 190 valence electrons. The van der Waals surface area contributed by atoms with Crippen LogP contribution in [-0.4, -0.2) is 30.9 Å². The lowest BCUT2D eigenvalue weighted by Crippen LogP contribution is -2.28. The number of hydrogen-bond acceptors (Lipinski definition) is 6. The van der Waals surface area contributed by atoms with E-state index in [1.54, 1.807) is 17.9 Å². The summed E-state index contributed by atoms with van der Waals surface area (Å²) in [5.74, 6) is -2.51. The van der Waals surface area contributed by atoms with Crippen LogP contribution in [0, 0.1) is 17.1 Å². The van der Waals surface area contributed by atoms with Gasteiger partial charge in [-0.1, -0.05) is 0 Å². The molecule has 1 aliphatic heterocycles. The van der Waals surface area contributed by atoms with Crippen molar-refractivity contribution in [3.05, 3.63) is 75.5 Å². The van der Waals surface area contributed by atoms with Gasteiger partial charge in [0.2, 0.25) is 5.82 Å². The molecular formula is C25H20F4N6O2. The van der Waals surface area contributed by atoms with Gasteiger partial charge in [-0.15, -0.1) is 0 Å². The van der Waals surface area contributed by atoms with Crippen molar-refractivity contribution in [2.75, 3.05) is 6.61 Å². The number of nitriles is 1. The summed E-state index contributed by atoms with van der Waals surface area (Å²) in [5.41, 5.74) is -0.324. The van der Waals surface area contributed by atoms with Gasteiger partial charge in [-0.05, 0) is 37.1 Å². The van der Waals surface area contributed by atoms with Crippen molar-refractivity contribution in [1.29, 1.82) is 5.26 Å². The Balaban J connectivity index is 1.72. The number of pyridine rings is 1. The van der Waals surface area contributed by atoms with Crippen LogP contribution in [0.1, 0.15) is 47.5 Å². The Kier molecular flexibility index (Phi) is 6.03. The average Bonchev–Trinajstić information content (AvgIpc) is 3.31. The van der Waals surface area contributed by atoms with E-state index in [9.17, 15) is 18.0 Å². The molecule has 5 rings (SSSR count). The normalized spacial score (nSPS) is 18.2. The fourth-order valence-electron chi connectivity index (χ4n) is 4.62. The maximum atomic E-state index is 15.1. The summed E-state index contributed by atoms with van der Waals surface area (Å²) in [6.07, 6.45) is -0.673. The molecule has 0 bridgehead atoms. The van der Waals surface area contributed by atoms with Crippen molar-refractivity contribution in [2.24, 2.45) is 14.1 Å². The standard InChI is InChI=1S/C25H20F4N6O2/c1-34-12-15(11-31-34)20-8-14(5-6-37-20)19-9-17-22(33-24(25(27,28)29)35(2)23(17)36)21(32-19)16-4-3-13(10-30)7-18(16)26/h3-4,7,9,11-12,14,20H,5-6,8H2,1-2H3. The quantitative estimate of drug-likeness (QED) is 0.378. The Labute approximate surface area is 207 Å². The van der Waals surface area contributed by atoms with Crippen LogP contribution < -0.4 is 5.56 Å². The summed E-state index contributed by atoms with van der Waals surface area (Å²) in [7, 11) is 2.78. The average molecular weight is 512 g/mol. The predicted octanol–water partition coefficient (Wildman–Crippen LogP) is 4.39. The van der Waals surface area contributed by atoms with Gasteiger partial charge < -0.3 is 4.74 Å². The molecule has 8 nitrogen and oxygen atoms in total. The lowest BCUT2D eigenvalue weighted by molar-refractivity contribution is -0.147. The molecule has 0 radical (unpaired) electrons. The topological polar surface area (TPSA) is 98.6 Å². The van der Waals surface area contributed by atoms with E-state index in [1.807, 2.05) is 12.3 Å². The molecule has 1 saturated heterocycles. The second-order valence-corrected chi connectivity index (χ2v) is 8.92. The highest BCUT2D eigenvalue weighted by molar-refractivity contribution is 5.91. The molecule has 2 unspecified atom stereocenters. The molecule has 0 aliphatic carbocycles. The monoisotopic (exact) mass is 512 g/mol. The second kappa shape index (κ2) is 9.08. The van der Waals surface area contributed by atoms with Crippen LogP contribution >= 0.6 is 0 Å². The molecule has 1 fully saturated rings. The zero-order valence-corrected chi connectivity index (χ0v) is 19.8. The third-order valence-electron chi connectivity index (χ3n) is 6.49. The van der Waals surface area contributed by atoms with Gasteiger partial charge in [0.05, 0.1) is 35.0 Å². The number of alkyl halides is 3. The fraction of sp³-hybridized carbons (Fsp3) is 0.320. The predicted molar refractivity (Wildman–Crippen MR) is 124 cm³/mol. The number of hydrogen-bond donors (Lipinski definition) is 0. The van der Waals surface area contributed by atoms with Gasteiger partial charge in [0.25, 0.3) is 5.56 Å². The summed E-state index contributed by atoms with van der Waals surface area (Å²) in [6.45, 7) is 0.383. The molecule has 4 aromatic rings. The van der Waals surface area contributed by atoms with Crippen LogP contribution in [0.3, 0.4) is 0 Å². The van der Waals surface area contributed by atoms with E-state index in [4.69, 9.17) is 10.00 Å². The second-order valence-electron chi connectivity index (χ2n) is 8.92. The molecule has 0 saturated carbocycles. The minimum absolute atomic E-state index is 0.0327. The van der Waals surface area contributed by atoms with E-state index in [0.29, 0.717) is 29.7 Å². The minimum Gasteiger partial charge on any atom is -0.373 e. The zero-order chi connectivity index (χ0) is 26.5. The molecule has 1 aromatic carbocycles. The fourth-order valence-corrected chi connectivity index (χ4v) is 4.62. The van der Waals surface area contributed by atoms with Gasteiger partial charge in [-0.2, -0.15) is 23.5 Å². The molecule has 0 spiro atoms. The Bertz CT molecular complexity index is 1620. The third kappa shape index (κ3) is 4.46. The zero-order valence-electron chi connectivity index (χ0n) is 19.8. The third-order valence-corrected chi connectivity index (χ3v) is 6.49. The van der Waals surface area contributed by atoms with Crippen molar-refractivity contribution >= 4 is 10.9 Å². The first-order valence-corrected chi connectivity index (χ1v) is 11.4. The number of ether oxygens (including phenoxy) is 1. The smallest absolute Gasteiger partial charge is 0.373 e. The largest absolute Gasteiger partial charge is 0.449 e. The van der Waals surface area contributed by atoms with Crippen LogP contribution in [-0.2, 0) is 25.0 Å². The number of aryl methyl sites for hydroxylation is 1. The van der Waals surface area contributed by atoms with Crippen molar-refractivity contribution < 1.29 is 22.3 Å². The summed E-state index contributed by atoms with van der Waals surface area (Å²) in [4.78, 5) is 21.4. The van der Waals surface area contributed by atoms with Crippen LogP contribution in [0.5, 0.6) is 0 Å². The maximum absolute atomic E-state index is 15.1. The lowest BCUT2D eigenvalue weighted by Gasteiger charge is -2.29. The van der Waals surface area contributed by atoms with Gasteiger partial charge in [0.15, 0.2) is 0 Å². The molecule has 0 N–H and O–H groups in total. The SMILES string of the molecule is Cn1cc(C2CC(c3cc4c(=O)n(C)c(C(F)(F)F)nc4c(-c4ccc(C#N)cc4F)n3)CCO2)cn1. The van der Waals surface area contributed by atoms with Crippen LogP contribution in [0.25, 0.3) is 22.2 Å². The molecular weight excluding hydrogens is 492 g/mol. The summed E-state index contributed by atoms with van der Waals surface area (Å²) >= 11 is 0. The summed E-state index contributed by atoms with van der Waals surface area (Å²) in [6, 6.07) is 6.81. The Hall–Kier alpha value is -4.11. The molecule has 4 heterocycles. The molecule has 37 heavy (non-hydrogen) atoms. The molecule has 2 atom stereocenters. The Morgan fingerprint density at radius 2 is 1.97 bits per heavy atom. The first-order valence-electron chi connectivity index (χ1n) is 11.4. The first-order chi connectivity index (χ1) is 17.6. The van der Waals surface area contributed by atoms with E-state index in [0.717, 1.165) is 18.7 Å². The number of fused-ring (bicyclic) bond motifs is 1. The number of benzene rings is 1. The van der Waals surface area contributed by atoms with E-state index in [-0.39, 0.29) is 39.7 Å². The van der Waals surface area contributed by atoms with Gasteiger partial charge in [0, 0.05) is 49.6 Å². The highest BCUT2D eigenvalue weighted by atomic mass is 19.4. The Morgan fingerprint density at radius 3 is 2.62 bits per heavy atom. The van der Waals surface area contributed by atoms with Crippen molar-refractivity contribution in [3.8, 4) is 17.3 Å². The molecule has 0 amide bonds. The van der Waals surface area contributed by atoms with Gasteiger partial charge in [-0.25, -0.2) is 9.37 Å². The van der Waals surface area contributed by atoms with E-state index in [2.05, 4.69) is 15.1 Å². The summed E-state index contributed by atoms with van der Waals surface area (Å²) < 4.78 is 64.1. The van der Waals surface area contributed by atoms with Crippen LogP contribution in [0.4, 0.5) is 17.6 Å². The maximum Gasteiger partial charge on any atom is 0.449 e. The molecule has 1 aliphatic rings. The molecule has 3 aromatic heterocycles. The van der Waals surface area contributed by atoms with Crippen molar-refractivity contribution in [3.63, 3.8) is 0 Å².